The molecule has 0 saturated carbocycles. The fourth-order valence-corrected chi connectivity index (χ4v) is 4.66. The highest BCUT2D eigenvalue weighted by atomic mass is 35.5. The Bertz CT molecular complexity index is 1030. The first-order valence-corrected chi connectivity index (χ1v) is 9.93. The number of phenolic OH excluding ortho intramolecular Hbond substituents is 1. The Hall–Kier alpha value is -2.45. The Morgan fingerprint density at radius 3 is 2.70 bits per heavy atom. The molecule has 9 heteroatoms. The number of alkyl halides is 3. The van der Waals surface area contributed by atoms with Crippen molar-refractivity contribution in [3.63, 3.8) is 0 Å². The van der Waals surface area contributed by atoms with Gasteiger partial charge in [0.05, 0.1) is 17.5 Å². The third-order valence-corrected chi connectivity index (χ3v) is 6.33. The highest BCUT2D eigenvalue weighted by Crippen LogP contribution is 2.56. The standard InChI is InChI=1S/C21H20ClF3N2O3/c1-2-10-9-20(30,21(23,24)25)19(11-6-7-13(22)18(29)17(10)11)27-15-5-3-4-14-12(15)8-16(28)26-14/h3-7,10,19,27,29-30H,2,8-9H2,1H3,(H,26,28)/t10-,19+,20-/m0/s1. The van der Waals surface area contributed by atoms with E-state index in [1.165, 1.54) is 12.1 Å². The Morgan fingerprint density at radius 2 is 2.03 bits per heavy atom. The van der Waals surface area contributed by atoms with Gasteiger partial charge in [0.2, 0.25) is 5.91 Å². The van der Waals surface area contributed by atoms with Gasteiger partial charge in [-0.2, -0.15) is 13.2 Å². The first-order chi connectivity index (χ1) is 14.1. The molecule has 2 aromatic carbocycles. The molecule has 1 heterocycles. The van der Waals surface area contributed by atoms with Gasteiger partial charge >= 0.3 is 6.18 Å². The lowest BCUT2D eigenvalue weighted by molar-refractivity contribution is -0.272. The lowest BCUT2D eigenvalue weighted by atomic mass is 9.69. The molecule has 2 aliphatic rings. The molecule has 160 valence electrons. The summed E-state index contributed by atoms with van der Waals surface area (Å²) in [5, 5.41) is 27.0. The number of nitrogens with one attached hydrogen (secondary N) is 2. The summed E-state index contributed by atoms with van der Waals surface area (Å²) in [7, 11) is 0. The number of benzene rings is 2. The summed E-state index contributed by atoms with van der Waals surface area (Å²) >= 11 is 6.03. The van der Waals surface area contributed by atoms with Crippen molar-refractivity contribution in [2.24, 2.45) is 0 Å². The van der Waals surface area contributed by atoms with E-state index in [4.69, 9.17) is 11.6 Å². The van der Waals surface area contributed by atoms with Gasteiger partial charge < -0.3 is 20.8 Å². The van der Waals surface area contributed by atoms with Crippen LogP contribution >= 0.6 is 11.6 Å². The zero-order valence-electron chi connectivity index (χ0n) is 16.0. The summed E-state index contributed by atoms with van der Waals surface area (Å²) in [6, 6.07) is 5.96. The van der Waals surface area contributed by atoms with Crippen LogP contribution in [0, 0.1) is 0 Å². The van der Waals surface area contributed by atoms with Crippen LogP contribution in [0.2, 0.25) is 5.02 Å². The van der Waals surface area contributed by atoms with Crippen molar-refractivity contribution < 1.29 is 28.2 Å². The van der Waals surface area contributed by atoms with Gasteiger partial charge in [0.25, 0.3) is 0 Å². The summed E-state index contributed by atoms with van der Waals surface area (Å²) in [4.78, 5) is 11.8. The number of aromatic hydroxyl groups is 1. The number of rotatable bonds is 3. The zero-order valence-corrected chi connectivity index (χ0v) is 16.7. The monoisotopic (exact) mass is 440 g/mol. The molecular weight excluding hydrogens is 421 g/mol. The molecule has 0 spiro atoms. The predicted octanol–water partition coefficient (Wildman–Crippen LogP) is 4.88. The number of anilines is 2. The molecule has 4 rings (SSSR count). The first-order valence-electron chi connectivity index (χ1n) is 9.55. The van der Waals surface area contributed by atoms with Crippen molar-refractivity contribution in [1.29, 1.82) is 0 Å². The van der Waals surface area contributed by atoms with Gasteiger partial charge in [-0.1, -0.05) is 30.7 Å². The van der Waals surface area contributed by atoms with E-state index in [1.54, 1.807) is 25.1 Å². The minimum absolute atomic E-state index is 0.0198. The van der Waals surface area contributed by atoms with Crippen LogP contribution in [0.5, 0.6) is 5.75 Å². The average molecular weight is 441 g/mol. The largest absolute Gasteiger partial charge is 0.506 e. The molecule has 4 N–H and O–H groups in total. The summed E-state index contributed by atoms with van der Waals surface area (Å²) in [5.74, 6) is -1.26. The lowest BCUT2D eigenvalue weighted by Crippen LogP contribution is -2.55. The van der Waals surface area contributed by atoms with Crippen LogP contribution in [-0.4, -0.2) is 27.9 Å². The highest BCUT2D eigenvalue weighted by molar-refractivity contribution is 6.32. The second-order valence-electron chi connectivity index (χ2n) is 7.76. The number of hydrogen-bond donors (Lipinski definition) is 4. The van der Waals surface area contributed by atoms with Crippen LogP contribution in [0.15, 0.2) is 30.3 Å². The van der Waals surface area contributed by atoms with Crippen molar-refractivity contribution in [2.45, 2.75) is 49.9 Å². The van der Waals surface area contributed by atoms with E-state index in [1.807, 2.05) is 0 Å². The molecule has 1 amide bonds. The van der Waals surface area contributed by atoms with E-state index in [0.29, 0.717) is 22.5 Å². The minimum atomic E-state index is -4.93. The van der Waals surface area contributed by atoms with Gasteiger partial charge in [0, 0.05) is 22.5 Å². The van der Waals surface area contributed by atoms with E-state index < -0.39 is 30.2 Å². The van der Waals surface area contributed by atoms with Crippen LogP contribution in [-0.2, 0) is 11.2 Å². The summed E-state index contributed by atoms with van der Waals surface area (Å²) in [6.07, 6.45) is -5.26. The summed E-state index contributed by atoms with van der Waals surface area (Å²) < 4.78 is 42.5. The maximum Gasteiger partial charge on any atom is 0.419 e. The summed E-state index contributed by atoms with van der Waals surface area (Å²) in [5.41, 5.74) is -1.29. The average Bonchev–Trinajstić information content (AvgIpc) is 3.06. The fraction of sp³-hybridized carbons (Fsp3) is 0.381. The number of fused-ring (bicyclic) bond motifs is 2. The fourth-order valence-electron chi connectivity index (χ4n) is 4.50. The Morgan fingerprint density at radius 1 is 1.30 bits per heavy atom. The van der Waals surface area contributed by atoms with Crippen LogP contribution in [0.4, 0.5) is 24.5 Å². The van der Waals surface area contributed by atoms with Crippen molar-refractivity contribution in [1.82, 2.24) is 0 Å². The highest BCUT2D eigenvalue weighted by Gasteiger charge is 2.62. The van der Waals surface area contributed by atoms with Crippen LogP contribution in [0.3, 0.4) is 0 Å². The molecule has 5 nitrogen and oxygen atoms in total. The number of amides is 1. The molecule has 3 atom stereocenters. The van der Waals surface area contributed by atoms with E-state index in [-0.39, 0.29) is 35.1 Å². The number of carbonyl (C=O) groups excluding carboxylic acids is 1. The topological polar surface area (TPSA) is 81.6 Å². The Balaban J connectivity index is 1.89. The predicted molar refractivity (Wildman–Crippen MR) is 107 cm³/mol. The van der Waals surface area contributed by atoms with Gasteiger partial charge in [-0.05, 0) is 42.5 Å². The zero-order chi connectivity index (χ0) is 21.8. The van der Waals surface area contributed by atoms with Gasteiger partial charge in [-0.25, -0.2) is 0 Å². The molecule has 0 radical (unpaired) electrons. The maximum atomic E-state index is 14.2. The molecule has 0 bridgehead atoms. The first kappa shape index (κ1) is 20.8. The van der Waals surface area contributed by atoms with Crippen LogP contribution < -0.4 is 10.6 Å². The normalized spacial score (nSPS) is 25.5. The Labute approximate surface area is 175 Å². The number of aliphatic hydroxyl groups is 1. The molecule has 0 fully saturated rings. The maximum absolute atomic E-state index is 14.2. The molecule has 1 aliphatic heterocycles. The minimum Gasteiger partial charge on any atom is -0.506 e. The van der Waals surface area contributed by atoms with Gasteiger partial charge in [0.15, 0.2) is 5.60 Å². The van der Waals surface area contributed by atoms with Crippen molar-refractivity contribution in [2.75, 3.05) is 10.6 Å². The van der Waals surface area contributed by atoms with Gasteiger partial charge in [-0.3, -0.25) is 4.79 Å². The molecule has 1 aliphatic carbocycles. The number of hydrogen-bond acceptors (Lipinski definition) is 4. The quantitative estimate of drug-likeness (QED) is 0.548. The van der Waals surface area contributed by atoms with E-state index in [2.05, 4.69) is 10.6 Å². The molecule has 30 heavy (non-hydrogen) atoms. The van der Waals surface area contributed by atoms with E-state index in [0.717, 1.165) is 0 Å². The second kappa shape index (κ2) is 7.06. The van der Waals surface area contributed by atoms with Gasteiger partial charge in [-0.15, -0.1) is 0 Å². The van der Waals surface area contributed by atoms with Crippen LogP contribution in [0.25, 0.3) is 0 Å². The third kappa shape index (κ3) is 3.09. The molecule has 0 aromatic heterocycles. The van der Waals surface area contributed by atoms with Crippen molar-refractivity contribution in [3.05, 3.63) is 52.0 Å². The Kier molecular flexibility index (Phi) is 4.90. The molecule has 0 saturated heterocycles. The van der Waals surface area contributed by atoms with E-state index >= 15 is 0 Å². The van der Waals surface area contributed by atoms with Gasteiger partial charge in [0.1, 0.15) is 5.75 Å². The smallest absolute Gasteiger partial charge is 0.419 e. The number of halogens is 4. The van der Waals surface area contributed by atoms with Crippen molar-refractivity contribution >= 4 is 28.9 Å². The lowest BCUT2D eigenvalue weighted by Gasteiger charge is -2.46. The van der Waals surface area contributed by atoms with Crippen LogP contribution in [0.1, 0.15) is 48.4 Å². The summed E-state index contributed by atoms with van der Waals surface area (Å²) in [6.45, 7) is 1.70. The SMILES string of the molecule is CC[C@H]1C[C@@](O)(C(F)(F)F)[C@H](Nc2cccc3c2CC(=O)N3)c2ccc(Cl)c(O)c21. The number of phenols is 1. The molecule has 0 unspecified atom stereocenters. The second-order valence-corrected chi connectivity index (χ2v) is 8.17. The van der Waals surface area contributed by atoms with Crippen molar-refractivity contribution in [3.8, 4) is 5.75 Å². The molecule has 2 aromatic rings. The number of carbonyl (C=O) groups is 1. The van der Waals surface area contributed by atoms with E-state index in [9.17, 15) is 28.2 Å². The molecular formula is C21H20ClF3N2O3. The third-order valence-electron chi connectivity index (χ3n) is 6.03.